The first-order chi connectivity index (χ1) is 25.3. The van der Waals surface area contributed by atoms with Crippen molar-refractivity contribution in [1.82, 2.24) is 15.0 Å². The first-order valence-electron chi connectivity index (χ1n) is 17.1. The standard InChI is InChI=1S/C46H27N3OS/c1-3-14-28(15-4-1)43-47-44(29-16-5-2-6-17-29)49-45(48-43)33-21-13-20-32-34-26-40-38(27-41(34)51-42(32)33)46(37-24-11-12-25-39(37)50-40)35-22-9-7-18-30(35)31-19-8-10-23-36(31)46/h1-27H. The second-order valence-electron chi connectivity index (χ2n) is 13.1. The second kappa shape index (κ2) is 10.8. The van der Waals surface area contributed by atoms with Gasteiger partial charge in [-0.25, -0.2) is 15.0 Å². The molecular formula is C46H27N3OS. The number of rotatable bonds is 3. The van der Waals surface area contributed by atoms with Crippen LogP contribution in [0, 0.1) is 0 Å². The second-order valence-corrected chi connectivity index (χ2v) is 14.2. The lowest BCUT2D eigenvalue weighted by Gasteiger charge is -2.39. The largest absolute Gasteiger partial charge is 0.457 e. The molecule has 0 amide bonds. The zero-order valence-corrected chi connectivity index (χ0v) is 28.1. The molecule has 0 atom stereocenters. The average Bonchev–Trinajstić information content (AvgIpc) is 3.71. The van der Waals surface area contributed by atoms with Gasteiger partial charge in [0.15, 0.2) is 17.5 Å². The maximum absolute atomic E-state index is 6.84. The predicted octanol–water partition coefficient (Wildman–Crippen LogP) is 11.7. The van der Waals surface area contributed by atoms with Gasteiger partial charge >= 0.3 is 0 Å². The van der Waals surface area contributed by atoms with E-state index in [1.54, 1.807) is 11.3 Å². The molecule has 0 bridgehead atoms. The van der Waals surface area contributed by atoms with Gasteiger partial charge < -0.3 is 4.74 Å². The first kappa shape index (κ1) is 28.4. The van der Waals surface area contributed by atoms with Crippen molar-refractivity contribution in [3.63, 3.8) is 0 Å². The fraction of sp³-hybridized carbons (Fsp3) is 0.0217. The van der Waals surface area contributed by atoms with Crippen LogP contribution in [-0.4, -0.2) is 15.0 Å². The smallest absolute Gasteiger partial charge is 0.165 e. The van der Waals surface area contributed by atoms with E-state index in [1.165, 1.54) is 32.5 Å². The molecule has 2 aromatic heterocycles. The highest BCUT2D eigenvalue weighted by atomic mass is 32.1. The highest BCUT2D eigenvalue weighted by molar-refractivity contribution is 7.26. The summed E-state index contributed by atoms with van der Waals surface area (Å²) in [7, 11) is 0. The van der Waals surface area contributed by atoms with E-state index in [4.69, 9.17) is 19.7 Å². The van der Waals surface area contributed by atoms with Crippen LogP contribution in [0.15, 0.2) is 164 Å². The molecule has 1 aliphatic heterocycles. The van der Waals surface area contributed by atoms with Gasteiger partial charge in [-0.15, -0.1) is 11.3 Å². The van der Waals surface area contributed by atoms with Crippen LogP contribution in [0.1, 0.15) is 22.3 Å². The summed E-state index contributed by atoms with van der Waals surface area (Å²) in [6.07, 6.45) is 0. The number of para-hydroxylation sites is 1. The molecule has 0 saturated heterocycles. The average molecular weight is 670 g/mol. The fourth-order valence-electron chi connectivity index (χ4n) is 8.25. The SMILES string of the molecule is c1ccc(-c2nc(-c3ccccc3)nc(-c3cccc4c3sc3cc5c(cc34)Oc3ccccc3C53c4ccccc4-c4ccccc43)n2)cc1. The number of nitrogens with zero attached hydrogens (tertiary/aromatic N) is 3. The lowest BCUT2D eigenvalue weighted by Crippen LogP contribution is -2.32. The Balaban J connectivity index is 1.18. The number of thiophene rings is 1. The molecule has 238 valence electrons. The number of hydrogen-bond acceptors (Lipinski definition) is 5. The number of aromatic nitrogens is 3. The van der Waals surface area contributed by atoms with Gasteiger partial charge in [0.25, 0.3) is 0 Å². The zero-order valence-electron chi connectivity index (χ0n) is 27.2. The van der Waals surface area contributed by atoms with Gasteiger partial charge in [-0.05, 0) is 46.5 Å². The molecule has 1 spiro atoms. The molecule has 51 heavy (non-hydrogen) atoms. The molecule has 0 radical (unpaired) electrons. The summed E-state index contributed by atoms with van der Waals surface area (Å²) < 4.78 is 9.17. The Morgan fingerprint density at radius 2 is 0.961 bits per heavy atom. The van der Waals surface area contributed by atoms with Crippen molar-refractivity contribution in [2.24, 2.45) is 0 Å². The van der Waals surface area contributed by atoms with Crippen molar-refractivity contribution in [2.75, 3.05) is 0 Å². The number of hydrogen-bond donors (Lipinski definition) is 0. The van der Waals surface area contributed by atoms with Crippen molar-refractivity contribution in [3.8, 4) is 56.8 Å². The van der Waals surface area contributed by atoms with Crippen molar-refractivity contribution in [1.29, 1.82) is 0 Å². The molecule has 0 unspecified atom stereocenters. The van der Waals surface area contributed by atoms with Crippen LogP contribution in [-0.2, 0) is 5.41 Å². The molecule has 0 N–H and O–H groups in total. The summed E-state index contributed by atoms with van der Waals surface area (Å²) >= 11 is 1.79. The predicted molar refractivity (Wildman–Crippen MR) is 206 cm³/mol. The Hall–Kier alpha value is -6.43. The number of benzene rings is 7. The third-order valence-corrected chi connectivity index (χ3v) is 11.6. The Kier molecular flexibility index (Phi) is 6.01. The fourth-order valence-corrected chi connectivity index (χ4v) is 9.48. The van der Waals surface area contributed by atoms with Crippen LogP contribution < -0.4 is 4.74 Å². The minimum atomic E-state index is -0.506. The number of fused-ring (bicyclic) bond motifs is 12. The normalized spacial score (nSPS) is 13.4. The summed E-state index contributed by atoms with van der Waals surface area (Å²) in [5.41, 5.74) is 9.84. The van der Waals surface area contributed by atoms with E-state index in [2.05, 4.69) is 103 Å². The maximum Gasteiger partial charge on any atom is 0.165 e. The van der Waals surface area contributed by atoms with Crippen molar-refractivity contribution in [2.45, 2.75) is 5.41 Å². The van der Waals surface area contributed by atoms with E-state index >= 15 is 0 Å². The molecule has 5 heteroatoms. The van der Waals surface area contributed by atoms with Gasteiger partial charge in [-0.1, -0.05) is 140 Å². The molecule has 7 aromatic carbocycles. The third-order valence-electron chi connectivity index (χ3n) is 10.4. The molecule has 1 aliphatic carbocycles. The molecule has 4 nitrogen and oxygen atoms in total. The molecule has 3 heterocycles. The Morgan fingerprint density at radius 1 is 0.412 bits per heavy atom. The van der Waals surface area contributed by atoms with Crippen LogP contribution in [0.2, 0.25) is 0 Å². The van der Waals surface area contributed by atoms with E-state index in [9.17, 15) is 0 Å². The van der Waals surface area contributed by atoms with Crippen LogP contribution in [0.5, 0.6) is 11.5 Å². The molecule has 0 fully saturated rings. The first-order valence-corrected chi connectivity index (χ1v) is 17.9. The minimum absolute atomic E-state index is 0.506. The van der Waals surface area contributed by atoms with Crippen molar-refractivity contribution >= 4 is 31.5 Å². The van der Waals surface area contributed by atoms with Crippen molar-refractivity contribution < 1.29 is 4.74 Å². The van der Waals surface area contributed by atoms with Gasteiger partial charge in [0.05, 0.1) is 5.41 Å². The summed E-state index contributed by atoms with van der Waals surface area (Å²) in [4.78, 5) is 15.1. The summed E-state index contributed by atoms with van der Waals surface area (Å²) in [6, 6.07) is 57.6. The van der Waals surface area contributed by atoms with Crippen LogP contribution >= 0.6 is 11.3 Å². The third kappa shape index (κ3) is 4.04. The highest BCUT2D eigenvalue weighted by Crippen LogP contribution is 2.62. The van der Waals surface area contributed by atoms with Crippen LogP contribution in [0.25, 0.3) is 65.5 Å². The Bertz CT molecular complexity index is 2740. The molecule has 11 rings (SSSR count). The van der Waals surface area contributed by atoms with E-state index < -0.39 is 5.41 Å². The van der Waals surface area contributed by atoms with Crippen LogP contribution in [0.4, 0.5) is 0 Å². The van der Waals surface area contributed by atoms with Crippen LogP contribution in [0.3, 0.4) is 0 Å². The van der Waals surface area contributed by atoms with Gasteiger partial charge in [-0.3, -0.25) is 0 Å². The van der Waals surface area contributed by atoms with E-state index in [0.717, 1.165) is 49.2 Å². The topological polar surface area (TPSA) is 47.9 Å². The molecule has 2 aliphatic rings. The Morgan fingerprint density at radius 3 is 1.63 bits per heavy atom. The van der Waals surface area contributed by atoms with Gasteiger partial charge in [-0.2, -0.15) is 0 Å². The van der Waals surface area contributed by atoms with Gasteiger partial charge in [0, 0.05) is 48.0 Å². The minimum Gasteiger partial charge on any atom is -0.457 e. The maximum atomic E-state index is 6.84. The molecule has 9 aromatic rings. The Labute approximate surface area is 298 Å². The molecular weight excluding hydrogens is 643 g/mol. The lowest BCUT2D eigenvalue weighted by atomic mass is 9.66. The highest BCUT2D eigenvalue weighted by Gasteiger charge is 2.51. The monoisotopic (exact) mass is 669 g/mol. The van der Waals surface area contributed by atoms with E-state index in [0.29, 0.717) is 17.5 Å². The zero-order chi connectivity index (χ0) is 33.5. The van der Waals surface area contributed by atoms with Crippen molar-refractivity contribution in [3.05, 3.63) is 186 Å². The lowest BCUT2D eigenvalue weighted by molar-refractivity contribution is 0.437. The summed E-state index contributed by atoms with van der Waals surface area (Å²) in [5.74, 6) is 3.74. The van der Waals surface area contributed by atoms with Gasteiger partial charge in [0.2, 0.25) is 0 Å². The van der Waals surface area contributed by atoms with E-state index in [1.807, 2.05) is 60.7 Å². The van der Waals surface area contributed by atoms with E-state index in [-0.39, 0.29) is 0 Å². The summed E-state index contributed by atoms with van der Waals surface area (Å²) in [6.45, 7) is 0. The number of ether oxygens (including phenoxy) is 1. The quantitative estimate of drug-likeness (QED) is 0.188. The van der Waals surface area contributed by atoms with Gasteiger partial charge in [0.1, 0.15) is 11.5 Å². The summed E-state index contributed by atoms with van der Waals surface area (Å²) in [5, 5.41) is 2.31. The molecule has 0 saturated carbocycles.